The SMILES string of the molecule is COCCn1ncc2cc(Cl)cc(Br)c21. The maximum Gasteiger partial charge on any atom is 0.0826 e. The summed E-state index contributed by atoms with van der Waals surface area (Å²) < 4.78 is 7.88. The molecule has 0 N–H and O–H groups in total. The maximum absolute atomic E-state index is 5.95. The second-order valence-electron chi connectivity index (χ2n) is 3.19. The zero-order valence-electron chi connectivity index (χ0n) is 8.20. The summed E-state index contributed by atoms with van der Waals surface area (Å²) >= 11 is 9.43. The molecule has 5 heteroatoms. The zero-order chi connectivity index (χ0) is 10.8. The van der Waals surface area contributed by atoms with Gasteiger partial charge in [0.05, 0.1) is 24.9 Å². The summed E-state index contributed by atoms with van der Waals surface area (Å²) in [6, 6.07) is 3.77. The minimum absolute atomic E-state index is 0.645. The molecule has 0 aliphatic heterocycles. The van der Waals surface area contributed by atoms with Crippen LogP contribution in [0.4, 0.5) is 0 Å². The molecule has 0 radical (unpaired) electrons. The highest BCUT2D eigenvalue weighted by molar-refractivity contribution is 9.10. The van der Waals surface area contributed by atoms with E-state index < -0.39 is 0 Å². The lowest BCUT2D eigenvalue weighted by atomic mass is 10.2. The van der Waals surface area contributed by atoms with Crippen molar-refractivity contribution in [2.45, 2.75) is 6.54 Å². The monoisotopic (exact) mass is 288 g/mol. The lowest BCUT2D eigenvalue weighted by Gasteiger charge is -2.04. The Morgan fingerprint density at radius 2 is 2.33 bits per heavy atom. The first-order valence-corrected chi connectivity index (χ1v) is 5.69. The first-order valence-electron chi connectivity index (χ1n) is 4.52. The fourth-order valence-electron chi connectivity index (χ4n) is 1.49. The van der Waals surface area contributed by atoms with E-state index in [-0.39, 0.29) is 0 Å². The number of rotatable bonds is 3. The van der Waals surface area contributed by atoms with Crippen LogP contribution in [0.3, 0.4) is 0 Å². The number of methoxy groups -OCH3 is 1. The smallest absolute Gasteiger partial charge is 0.0826 e. The van der Waals surface area contributed by atoms with Crippen LogP contribution in [-0.2, 0) is 11.3 Å². The summed E-state index contributed by atoms with van der Waals surface area (Å²) in [4.78, 5) is 0. The van der Waals surface area contributed by atoms with E-state index in [0.29, 0.717) is 11.6 Å². The Labute approximate surface area is 101 Å². The molecule has 0 saturated heterocycles. The molecule has 80 valence electrons. The summed E-state index contributed by atoms with van der Waals surface area (Å²) in [5.74, 6) is 0. The van der Waals surface area contributed by atoms with Crippen molar-refractivity contribution >= 4 is 38.4 Å². The summed E-state index contributed by atoms with van der Waals surface area (Å²) in [5.41, 5.74) is 1.05. The Balaban J connectivity index is 2.49. The summed E-state index contributed by atoms with van der Waals surface area (Å²) in [7, 11) is 1.68. The standard InChI is InChI=1S/C10H10BrClN2O/c1-15-3-2-14-10-7(6-13-14)4-8(12)5-9(10)11/h4-6H,2-3H2,1H3. The van der Waals surface area contributed by atoms with Gasteiger partial charge < -0.3 is 4.74 Å². The van der Waals surface area contributed by atoms with Gasteiger partial charge in [0.15, 0.2) is 0 Å². The second-order valence-corrected chi connectivity index (χ2v) is 4.48. The van der Waals surface area contributed by atoms with Gasteiger partial charge in [-0.1, -0.05) is 11.6 Å². The van der Waals surface area contributed by atoms with Gasteiger partial charge in [-0.25, -0.2) is 0 Å². The van der Waals surface area contributed by atoms with Crippen LogP contribution in [0.25, 0.3) is 10.9 Å². The molecule has 1 aromatic heterocycles. The Morgan fingerprint density at radius 3 is 3.07 bits per heavy atom. The number of hydrogen-bond donors (Lipinski definition) is 0. The fourth-order valence-corrected chi connectivity index (χ4v) is 2.53. The Morgan fingerprint density at radius 1 is 1.53 bits per heavy atom. The minimum atomic E-state index is 0.645. The van der Waals surface area contributed by atoms with Crippen molar-refractivity contribution in [1.82, 2.24) is 9.78 Å². The molecule has 0 saturated carbocycles. The van der Waals surface area contributed by atoms with Gasteiger partial charge in [-0.3, -0.25) is 4.68 Å². The topological polar surface area (TPSA) is 27.1 Å². The van der Waals surface area contributed by atoms with Crippen LogP contribution in [0.2, 0.25) is 5.02 Å². The molecule has 3 nitrogen and oxygen atoms in total. The molecule has 2 aromatic rings. The zero-order valence-corrected chi connectivity index (χ0v) is 10.5. The summed E-state index contributed by atoms with van der Waals surface area (Å²) in [6.45, 7) is 1.38. The van der Waals surface area contributed by atoms with E-state index in [4.69, 9.17) is 16.3 Å². The molecular formula is C10H10BrClN2O. The van der Waals surface area contributed by atoms with Crippen molar-refractivity contribution in [3.8, 4) is 0 Å². The molecule has 1 heterocycles. The molecule has 0 fully saturated rings. The summed E-state index contributed by atoms with van der Waals surface area (Å²) in [5, 5.41) is 6.02. The van der Waals surface area contributed by atoms with Crippen LogP contribution in [0.15, 0.2) is 22.8 Å². The van der Waals surface area contributed by atoms with E-state index in [1.807, 2.05) is 23.0 Å². The highest BCUT2D eigenvalue weighted by Gasteiger charge is 2.07. The highest BCUT2D eigenvalue weighted by Crippen LogP contribution is 2.27. The number of benzene rings is 1. The minimum Gasteiger partial charge on any atom is -0.383 e. The normalized spacial score (nSPS) is 11.1. The Kier molecular flexibility index (Phi) is 3.29. The van der Waals surface area contributed by atoms with Crippen LogP contribution < -0.4 is 0 Å². The van der Waals surface area contributed by atoms with Crippen molar-refractivity contribution in [1.29, 1.82) is 0 Å². The van der Waals surface area contributed by atoms with E-state index in [0.717, 1.165) is 21.9 Å². The van der Waals surface area contributed by atoms with Gasteiger partial charge in [-0.05, 0) is 28.1 Å². The van der Waals surface area contributed by atoms with Crippen molar-refractivity contribution in [3.05, 3.63) is 27.8 Å². The van der Waals surface area contributed by atoms with Crippen molar-refractivity contribution < 1.29 is 4.74 Å². The van der Waals surface area contributed by atoms with Crippen LogP contribution >= 0.6 is 27.5 Å². The van der Waals surface area contributed by atoms with Gasteiger partial charge in [-0.2, -0.15) is 5.10 Å². The van der Waals surface area contributed by atoms with Gasteiger partial charge in [0.25, 0.3) is 0 Å². The number of nitrogens with zero attached hydrogens (tertiary/aromatic N) is 2. The van der Waals surface area contributed by atoms with Crippen LogP contribution in [-0.4, -0.2) is 23.5 Å². The van der Waals surface area contributed by atoms with E-state index in [9.17, 15) is 0 Å². The largest absolute Gasteiger partial charge is 0.383 e. The number of halogens is 2. The average Bonchev–Trinajstić information content (AvgIpc) is 2.58. The van der Waals surface area contributed by atoms with Gasteiger partial charge in [0, 0.05) is 22.0 Å². The molecule has 15 heavy (non-hydrogen) atoms. The molecule has 0 aliphatic carbocycles. The van der Waals surface area contributed by atoms with Gasteiger partial charge >= 0.3 is 0 Å². The molecule has 2 rings (SSSR count). The lowest BCUT2D eigenvalue weighted by Crippen LogP contribution is -2.05. The number of ether oxygens (including phenoxy) is 1. The number of hydrogen-bond acceptors (Lipinski definition) is 2. The molecule has 1 aromatic carbocycles. The maximum atomic E-state index is 5.95. The van der Waals surface area contributed by atoms with Crippen LogP contribution in [0, 0.1) is 0 Å². The Bertz CT molecular complexity index is 483. The third-order valence-electron chi connectivity index (χ3n) is 2.16. The van der Waals surface area contributed by atoms with E-state index in [1.165, 1.54) is 0 Å². The molecule has 0 bridgehead atoms. The molecular weight excluding hydrogens is 279 g/mol. The van der Waals surface area contributed by atoms with Gasteiger partial charge in [-0.15, -0.1) is 0 Å². The second kappa shape index (κ2) is 4.51. The van der Waals surface area contributed by atoms with Crippen LogP contribution in [0.1, 0.15) is 0 Å². The van der Waals surface area contributed by atoms with Crippen LogP contribution in [0.5, 0.6) is 0 Å². The molecule has 0 unspecified atom stereocenters. The van der Waals surface area contributed by atoms with Crippen molar-refractivity contribution in [2.24, 2.45) is 0 Å². The fraction of sp³-hybridized carbons (Fsp3) is 0.300. The molecule has 0 amide bonds. The van der Waals surface area contributed by atoms with Gasteiger partial charge in [0.2, 0.25) is 0 Å². The van der Waals surface area contributed by atoms with Crippen molar-refractivity contribution in [2.75, 3.05) is 13.7 Å². The third-order valence-corrected chi connectivity index (χ3v) is 2.98. The molecule has 0 spiro atoms. The quantitative estimate of drug-likeness (QED) is 0.868. The average molecular weight is 290 g/mol. The molecule has 0 atom stereocenters. The summed E-state index contributed by atoms with van der Waals surface area (Å²) in [6.07, 6.45) is 1.81. The molecule has 0 aliphatic rings. The van der Waals surface area contributed by atoms with Gasteiger partial charge in [0.1, 0.15) is 0 Å². The first-order chi connectivity index (χ1) is 7.22. The van der Waals surface area contributed by atoms with E-state index in [1.54, 1.807) is 7.11 Å². The Hall–Kier alpha value is -0.580. The number of fused-ring (bicyclic) bond motifs is 1. The third kappa shape index (κ3) is 2.17. The first kappa shape index (κ1) is 10.9. The van der Waals surface area contributed by atoms with Crippen molar-refractivity contribution in [3.63, 3.8) is 0 Å². The number of aromatic nitrogens is 2. The predicted octanol–water partition coefficient (Wildman–Crippen LogP) is 3.10. The lowest BCUT2D eigenvalue weighted by molar-refractivity contribution is 0.185. The highest BCUT2D eigenvalue weighted by atomic mass is 79.9. The predicted molar refractivity (Wildman–Crippen MR) is 64.3 cm³/mol. The van der Waals surface area contributed by atoms with E-state index in [2.05, 4.69) is 21.0 Å². The van der Waals surface area contributed by atoms with E-state index >= 15 is 0 Å².